The number of hydrogen-bond acceptors (Lipinski definition) is 6. The van der Waals surface area contributed by atoms with E-state index in [2.05, 4.69) is 15.3 Å². The van der Waals surface area contributed by atoms with Crippen molar-refractivity contribution in [3.05, 3.63) is 66.1 Å². The average Bonchev–Trinajstić information content (AvgIpc) is 2.70. The van der Waals surface area contributed by atoms with E-state index in [0.29, 0.717) is 17.1 Å². The predicted octanol–water partition coefficient (Wildman–Crippen LogP) is 4.16. The zero-order valence-corrected chi connectivity index (χ0v) is 15.7. The average molecular weight is 395 g/mol. The van der Waals surface area contributed by atoms with E-state index in [1.54, 1.807) is 31.2 Å². The molecule has 0 fully saturated rings. The summed E-state index contributed by atoms with van der Waals surface area (Å²) in [6.45, 7) is 3.09. The van der Waals surface area contributed by atoms with Crippen molar-refractivity contribution in [3.8, 4) is 22.9 Å². The topological polar surface area (TPSA) is 101 Å². The highest BCUT2D eigenvalue weighted by Crippen LogP contribution is 2.25. The maximum atomic E-state index is 13.0. The molecule has 0 saturated carbocycles. The first-order valence-electron chi connectivity index (χ1n) is 8.75. The van der Waals surface area contributed by atoms with Gasteiger partial charge < -0.3 is 15.2 Å². The van der Waals surface area contributed by atoms with Crippen LogP contribution in [0.25, 0.3) is 11.4 Å². The second-order valence-corrected chi connectivity index (χ2v) is 6.32. The van der Waals surface area contributed by atoms with Crippen LogP contribution in [0.4, 0.5) is 10.2 Å². The molecule has 8 heteroatoms. The Morgan fingerprint density at radius 3 is 2.17 bits per heavy atom. The number of hydrogen-bond donors (Lipinski definition) is 2. The number of carboxylic acid groups (broad SMARTS) is 1. The van der Waals surface area contributed by atoms with Gasteiger partial charge in [0.2, 0.25) is 0 Å². The van der Waals surface area contributed by atoms with Crippen LogP contribution < -0.4 is 10.1 Å². The smallest absolute Gasteiger partial charge is 0.354 e. The van der Waals surface area contributed by atoms with E-state index < -0.39 is 12.0 Å². The molecular weight excluding hydrogens is 377 g/mol. The summed E-state index contributed by atoms with van der Waals surface area (Å²) in [4.78, 5) is 31.2. The summed E-state index contributed by atoms with van der Waals surface area (Å²) < 4.78 is 18.6. The number of aromatic carboxylic acids is 1. The van der Waals surface area contributed by atoms with Gasteiger partial charge in [0.1, 0.15) is 23.1 Å². The number of Topliss-reactive ketones (excluding diaryl/α,β-unsaturated/α-hetero) is 1. The molecule has 0 saturated heterocycles. The summed E-state index contributed by atoms with van der Waals surface area (Å²) in [5, 5.41) is 12.2. The van der Waals surface area contributed by atoms with E-state index in [9.17, 15) is 19.1 Å². The summed E-state index contributed by atoms with van der Waals surface area (Å²) in [6, 6.07) is 13.1. The molecule has 1 atom stereocenters. The Kier molecular flexibility index (Phi) is 5.82. The lowest BCUT2D eigenvalue weighted by atomic mass is 10.2. The van der Waals surface area contributed by atoms with Gasteiger partial charge in [-0.25, -0.2) is 19.2 Å². The number of carbonyl (C=O) groups is 2. The molecular formula is C21H18FN3O4. The van der Waals surface area contributed by atoms with Crippen molar-refractivity contribution in [1.29, 1.82) is 0 Å². The minimum Gasteiger partial charge on any atom is -0.477 e. The maximum Gasteiger partial charge on any atom is 0.354 e. The van der Waals surface area contributed by atoms with E-state index in [1.165, 1.54) is 37.3 Å². The Labute approximate surface area is 166 Å². The highest BCUT2D eigenvalue weighted by atomic mass is 19.1. The number of carboxylic acids is 1. The zero-order valence-electron chi connectivity index (χ0n) is 15.7. The Bertz CT molecular complexity index is 1040. The number of rotatable bonds is 7. The van der Waals surface area contributed by atoms with Gasteiger partial charge in [-0.15, -0.1) is 0 Å². The van der Waals surface area contributed by atoms with Crippen LogP contribution in [0.15, 0.2) is 54.6 Å². The summed E-state index contributed by atoms with van der Waals surface area (Å²) in [5.41, 5.74) is 0.373. The molecule has 0 bridgehead atoms. The normalized spacial score (nSPS) is 11.6. The third-order valence-electron chi connectivity index (χ3n) is 4.08. The van der Waals surface area contributed by atoms with Gasteiger partial charge in [0.05, 0.1) is 6.04 Å². The molecule has 0 aliphatic rings. The Morgan fingerprint density at radius 1 is 1.03 bits per heavy atom. The molecule has 1 aromatic heterocycles. The van der Waals surface area contributed by atoms with E-state index in [-0.39, 0.29) is 28.9 Å². The quantitative estimate of drug-likeness (QED) is 0.619. The molecule has 1 heterocycles. The molecule has 3 aromatic rings. The van der Waals surface area contributed by atoms with Gasteiger partial charge in [0, 0.05) is 11.6 Å². The van der Waals surface area contributed by atoms with Crippen molar-refractivity contribution >= 4 is 17.6 Å². The van der Waals surface area contributed by atoms with Crippen molar-refractivity contribution in [2.75, 3.05) is 5.32 Å². The number of ketones is 1. The van der Waals surface area contributed by atoms with Gasteiger partial charge in [0.25, 0.3) is 0 Å². The number of aromatic nitrogens is 2. The zero-order chi connectivity index (χ0) is 21.0. The minimum atomic E-state index is -1.21. The summed E-state index contributed by atoms with van der Waals surface area (Å²) >= 11 is 0. The molecule has 148 valence electrons. The second kappa shape index (κ2) is 8.47. The van der Waals surface area contributed by atoms with Gasteiger partial charge >= 0.3 is 5.97 Å². The van der Waals surface area contributed by atoms with Crippen molar-refractivity contribution < 1.29 is 23.8 Å². The molecule has 0 unspecified atom stereocenters. The number of benzene rings is 2. The first-order valence-corrected chi connectivity index (χ1v) is 8.75. The number of carbonyl (C=O) groups excluding carboxylic acids is 1. The van der Waals surface area contributed by atoms with Crippen LogP contribution in [0.2, 0.25) is 0 Å². The molecule has 0 radical (unpaired) electrons. The highest BCUT2D eigenvalue weighted by molar-refractivity contribution is 5.88. The maximum absolute atomic E-state index is 13.0. The van der Waals surface area contributed by atoms with Gasteiger partial charge in [-0.1, -0.05) is 0 Å². The molecule has 0 aliphatic carbocycles. The first-order chi connectivity index (χ1) is 13.8. The third kappa shape index (κ3) is 5.13. The van der Waals surface area contributed by atoms with Crippen LogP contribution >= 0.6 is 0 Å². The van der Waals surface area contributed by atoms with E-state index in [1.807, 2.05) is 0 Å². The minimum absolute atomic E-state index is 0.107. The fourth-order valence-electron chi connectivity index (χ4n) is 2.39. The summed E-state index contributed by atoms with van der Waals surface area (Å²) in [6.07, 6.45) is 0. The first kappa shape index (κ1) is 19.9. The van der Waals surface area contributed by atoms with Crippen molar-refractivity contribution in [2.24, 2.45) is 0 Å². The highest BCUT2D eigenvalue weighted by Gasteiger charge is 2.15. The van der Waals surface area contributed by atoms with Crippen LogP contribution in [0.1, 0.15) is 24.3 Å². The second-order valence-electron chi connectivity index (χ2n) is 6.32. The lowest BCUT2D eigenvalue weighted by Crippen LogP contribution is -2.24. The number of anilines is 1. The molecule has 0 amide bonds. The molecule has 2 aromatic carbocycles. The molecule has 7 nitrogen and oxygen atoms in total. The fourth-order valence-corrected chi connectivity index (χ4v) is 2.39. The Morgan fingerprint density at radius 2 is 1.62 bits per heavy atom. The summed E-state index contributed by atoms with van der Waals surface area (Å²) in [5.74, 6) is -0.246. The molecule has 2 N–H and O–H groups in total. The van der Waals surface area contributed by atoms with Crippen LogP contribution in [0, 0.1) is 5.82 Å². The van der Waals surface area contributed by atoms with Gasteiger partial charge in [-0.3, -0.25) is 4.79 Å². The standard InChI is InChI=1S/C21H18FN3O4/c1-12(13(2)26)23-19-11-18(21(27)28)24-20(25-19)14-3-7-16(8-4-14)29-17-9-5-15(22)6-10-17/h3-12H,1-2H3,(H,27,28)(H,23,24,25)/t12-/m0/s1. The molecule has 0 spiro atoms. The van der Waals surface area contributed by atoms with Crippen molar-refractivity contribution in [2.45, 2.75) is 19.9 Å². The van der Waals surface area contributed by atoms with Crippen LogP contribution in [-0.4, -0.2) is 32.9 Å². The van der Waals surface area contributed by atoms with E-state index >= 15 is 0 Å². The lowest BCUT2D eigenvalue weighted by Gasteiger charge is -2.13. The number of ether oxygens (including phenoxy) is 1. The van der Waals surface area contributed by atoms with Crippen molar-refractivity contribution in [1.82, 2.24) is 9.97 Å². The Hall–Kier alpha value is -3.81. The largest absolute Gasteiger partial charge is 0.477 e. The van der Waals surface area contributed by atoms with Crippen LogP contribution in [-0.2, 0) is 4.79 Å². The molecule has 29 heavy (non-hydrogen) atoms. The fraction of sp³-hybridized carbons (Fsp3) is 0.143. The van der Waals surface area contributed by atoms with Gasteiger partial charge in [-0.05, 0) is 62.4 Å². The van der Waals surface area contributed by atoms with E-state index in [4.69, 9.17) is 4.74 Å². The van der Waals surface area contributed by atoms with Crippen LogP contribution in [0.3, 0.4) is 0 Å². The van der Waals surface area contributed by atoms with Gasteiger partial charge in [-0.2, -0.15) is 0 Å². The van der Waals surface area contributed by atoms with Crippen molar-refractivity contribution in [3.63, 3.8) is 0 Å². The molecule has 0 aliphatic heterocycles. The lowest BCUT2D eigenvalue weighted by molar-refractivity contribution is -0.117. The number of nitrogens with zero attached hydrogens (tertiary/aromatic N) is 2. The van der Waals surface area contributed by atoms with Crippen LogP contribution in [0.5, 0.6) is 11.5 Å². The summed E-state index contributed by atoms with van der Waals surface area (Å²) in [7, 11) is 0. The predicted molar refractivity (Wildman–Crippen MR) is 105 cm³/mol. The monoisotopic (exact) mass is 395 g/mol. The SMILES string of the molecule is CC(=O)[C@H](C)Nc1cc(C(=O)O)nc(-c2ccc(Oc3ccc(F)cc3)cc2)n1. The third-order valence-corrected chi connectivity index (χ3v) is 4.08. The van der Waals surface area contributed by atoms with Gasteiger partial charge in [0.15, 0.2) is 17.3 Å². The molecule has 3 rings (SSSR count). The number of nitrogens with one attached hydrogen (secondary N) is 1. The Balaban J connectivity index is 1.86. The van der Waals surface area contributed by atoms with E-state index in [0.717, 1.165) is 0 Å². The number of halogens is 1.